The minimum absolute atomic E-state index is 0.288. The van der Waals surface area contributed by atoms with E-state index in [1.807, 2.05) is 6.92 Å². The van der Waals surface area contributed by atoms with Gasteiger partial charge in [-0.15, -0.1) is 0 Å². The lowest BCUT2D eigenvalue weighted by atomic mass is 10.0. The zero-order chi connectivity index (χ0) is 14.9. The van der Waals surface area contributed by atoms with Crippen molar-refractivity contribution in [1.82, 2.24) is 0 Å². The van der Waals surface area contributed by atoms with Crippen molar-refractivity contribution in [3.05, 3.63) is 58.7 Å². The summed E-state index contributed by atoms with van der Waals surface area (Å²) in [5, 5.41) is 2.24. The van der Waals surface area contributed by atoms with Gasteiger partial charge in [-0.25, -0.2) is 8.78 Å². The van der Waals surface area contributed by atoms with Crippen LogP contribution in [-0.4, -0.2) is 5.91 Å². The summed E-state index contributed by atoms with van der Waals surface area (Å²) in [5.74, 6) is -2.25. The van der Waals surface area contributed by atoms with E-state index in [9.17, 15) is 13.6 Å². The van der Waals surface area contributed by atoms with E-state index in [2.05, 4.69) is 5.32 Å². The smallest absolute Gasteiger partial charge is 0.256 e. The number of amides is 1. The predicted octanol–water partition coefficient (Wildman–Crippen LogP) is 3.42. The fourth-order valence-electron chi connectivity index (χ4n) is 1.91. The standard InChI is InChI=1S/C15H14F2N2O/c1-8-6-9(2)13(18)7-10(8)15(20)19-14-11(16)4-3-5-12(14)17/h3-7H,18H2,1-2H3,(H,19,20). The molecule has 2 rings (SSSR count). The Bertz CT molecular complexity index is 664. The molecule has 3 nitrogen and oxygen atoms in total. The molecular formula is C15H14F2N2O. The number of halogens is 2. The van der Waals surface area contributed by atoms with E-state index in [1.54, 1.807) is 13.0 Å². The number of nitrogens with one attached hydrogen (secondary N) is 1. The van der Waals surface area contributed by atoms with Gasteiger partial charge in [0.05, 0.1) is 0 Å². The average Bonchev–Trinajstić information content (AvgIpc) is 2.38. The zero-order valence-corrected chi connectivity index (χ0v) is 11.1. The second-order valence-electron chi connectivity index (χ2n) is 4.57. The Morgan fingerprint density at radius 2 is 1.70 bits per heavy atom. The van der Waals surface area contributed by atoms with Crippen molar-refractivity contribution in [2.75, 3.05) is 11.1 Å². The number of anilines is 2. The van der Waals surface area contributed by atoms with Gasteiger partial charge in [0.25, 0.3) is 5.91 Å². The molecule has 0 spiro atoms. The van der Waals surface area contributed by atoms with E-state index < -0.39 is 23.2 Å². The maximum absolute atomic E-state index is 13.5. The lowest BCUT2D eigenvalue weighted by Crippen LogP contribution is -2.16. The molecule has 104 valence electrons. The minimum atomic E-state index is -0.823. The van der Waals surface area contributed by atoms with E-state index in [-0.39, 0.29) is 5.56 Å². The molecule has 20 heavy (non-hydrogen) atoms. The van der Waals surface area contributed by atoms with Gasteiger partial charge in [-0.2, -0.15) is 0 Å². The highest BCUT2D eigenvalue weighted by molar-refractivity contribution is 6.06. The molecule has 0 aliphatic carbocycles. The number of hydrogen-bond donors (Lipinski definition) is 2. The first-order valence-electron chi connectivity index (χ1n) is 6.02. The number of nitrogen functional groups attached to an aromatic ring is 1. The summed E-state index contributed by atoms with van der Waals surface area (Å²) >= 11 is 0. The van der Waals surface area contributed by atoms with Gasteiger partial charge in [0.15, 0.2) is 0 Å². The second-order valence-corrected chi connectivity index (χ2v) is 4.57. The number of carbonyl (C=O) groups excluding carboxylic acids is 1. The molecule has 0 saturated heterocycles. The highest BCUT2D eigenvalue weighted by Crippen LogP contribution is 2.22. The van der Waals surface area contributed by atoms with Crippen LogP contribution in [0.1, 0.15) is 21.5 Å². The van der Waals surface area contributed by atoms with Crippen molar-refractivity contribution in [1.29, 1.82) is 0 Å². The molecule has 5 heteroatoms. The molecule has 2 aromatic rings. The Balaban J connectivity index is 2.36. The number of hydrogen-bond acceptors (Lipinski definition) is 2. The number of nitrogens with two attached hydrogens (primary N) is 1. The van der Waals surface area contributed by atoms with Gasteiger partial charge in [0.1, 0.15) is 17.3 Å². The monoisotopic (exact) mass is 276 g/mol. The fourth-order valence-corrected chi connectivity index (χ4v) is 1.91. The summed E-state index contributed by atoms with van der Waals surface area (Å²) in [7, 11) is 0. The zero-order valence-electron chi connectivity index (χ0n) is 11.1. The van der Waals surface area contributed by atoms with Crippen molar-refractivity contribution in [2.24, 2.45) is 0 Å². The van der Waals surface area contributed by atoms with Gasteiger partial charge in [0.2, 0.25) is 0 Å². The van der Waals surface area contributed by atoms with Crippen molar-refractivity contribution >= 4 is 17.3 Å². The normalized spacial score (nSPS) is 10.4. The molecule has 0 heterocycles. The third kappa shape index (κ3) is 2.61. The molecule has 0 aromatic heterocycles. The first-order valence-corrected chi connectivity index (χ1v) is 6.02. The number of rotatable bonds is 2. The predicted molar refractivity (Wildman–Crippen MR) is 74.6 cm³/mol. The SMILES string of the molecule is Cc1cc(C)c(C(=O)Nc2c(F)cccc2F)cc1N. The summed E-state index contributed by atoms with van der Waals surface area (Å²) in [4.78, 5) is 12.1. The van der Waals surface area contributed by atoms with Gasteiger partial charge in [-0.3, -0.25) is 4.79 Å². The molecule has 0 aliphatic rings. The Morgan fingerprint density at radius 3 is 2.30 bits per heavy atom. The molecule has 3 N–H and O–H groups in total. The van der Waals surface area contributed by atoms with E-state index >= 15 is 0 Å². The van der Waals surface area contributed by atoms with Crippen LogP contribution in [0.5, 0.6) is 0 Å². The molecule has 2 aromatic carbocycles. The molecule has 0 fully saturated rings. The van der Waals surface area contributed by atoms with Crippen LogP contribution in [0.2, 0.25) is 0 Å². The Labute approximate surface area is 115 Å². The van der Waals surface area contributed by atoms with E-state index in [0.29, 0.717) is 11.3 Å². The maximum atomic E-state index is 13.5. The van der Waals surface area contributed by atoms with Gasteiger partial charge >= 0.3 is 0 Å². The van der Waals surface area contributed by atoms with E-state index in [0.717, 1.165) is 17.7 Å². The lowest BCUT2D eigenvalue weighted by Gasteiger charge is -2.11. The molecule has 0 aliphatic heterocycles. The summed E-state index contributed by atoms with van der Waals surface area (Å²) in [5.41, 5.74) is 7.56. The number of para-hydroxylation sites is 1. The second kappa shape index (κ2) is 5.28. The largest absolute Gasteiger partial charge is 0.398 e. The molecule has 0 unspecified atom stereocenters. The lowest BCUT2D eigenvalue weighted by molar-refractivity contribution is 0.102. The summed E-state index contributed by atoms with van der Waals surface area (Å²) in [6.45, 7) is 3.56. The summed E-state index contributed by atoms with van der Waals surface area (Å²) in [6, 6.07) is 6.64. The molecule has 0 bridgehead atoms. The van der Waals surface area contributed by atoms with Crippen molar-refractivity contribution in [3.8, 4) is 0 Å². The number of carbonyl (C=O) groups is 1. The van der Waals surface area contributed by atoms with Crippen LogP contribution >= 0.6 is 0 Å². The minimum Gasteiger partial charge on any atom is -0.398 e. The third-order valence-electron chi connectivity index (χ3n) is 3.06. The average molecular weight is 276 g/mol. The van der Waals surface area contributed by atoms with E-state index in [1.165, 1.54) is 12.1 Å². The Morgan fingerprint density at radius 1 is 1.10 bits per heavy atom. The quantitative estimate of drug-likeness (QED) is 0.826. The van der Waals surface area contributed by atoms with Crippen LogP contribution in [0.3, 0.4) is 0 Å². The maximum Gasteiger partial charge on any atom is 0.256 e. The molecule has 1 amide bonds. The number of aryl methyl sites for hydroxylation is 2. The van der Waals surface area contributed by atoms with Crippen LogP contribution in [0.15, 0.2) is 30.3 Å². The Hall–Kier alpha value is -2.43. The third-order valence-corrected chi connectivity index (χ3v) is 3.06. The highest BCUT2D eigenvalue weighted by Gasteiger charge is 2.15. The van der Waals surface area contributed by atoms with Crippen LogP contribution in [0.25, 0.3) is 0 Å². The fraction of sp³-hybridized carbons (Fsp3) is 0.133. The van der Waals surface area contributed by atoms with Crippen LogP contribution in [0.4, 0.5) is 20.2 Å². The molecule has 0 radical (unpaired) electrons. The van der Waals surface area contributed by atoms with Crippen LogP contribution < -0.4 is 11.1 Å². The highest BCUT2D eigenvalue weighted by atomic mass is 19.1. The summed E-state index contributed by atoms with van der Waals surface area (Å²) < 4.78 is 27.0. The summed E-state index contributed by atoms with van der Waals surface area (Å²) in [6.07, 6.45) is 0. The van der Waals surface area contributed by atoms with Gasteiger partial charge in [-0.05, 0) is 43.2 Å². The van der Waals surface area contributed by atoms with Crippen LogP contribution in [-0.2, 0) is 0 Å². The van der Waals surface area contributed by atoms with Gasteiger partial charge in [-0.1, -0.05) is 12.1 Å². The molecular weight excluding hydrogens is 262 g/mol. The van der Waals surface area contributed by atoms with Crippen molar-refractivity contribution in [2.45, 2.75) is 13.8 Å². The first kappa shape index (κ1) is 14.0. The topological polar surface area (TPSA) is 55.1 Å². The van der Waals surface area contributed by atoms with Gasteiger partial charge in [0, 0.05) is 11.3 Å². The van der Waals surface area contributed by atoms with Crippen molar-refractivity contribution < 1.29 is 13.6 Å². The first-order chi connectivity index (χ1) is 9.40. The van der Waals surface area contributed by atoms with Gasteiger partial charge < -0.3 is 11.1 Å². The number of benzene rings is 2. The molecule has 0 saturated carbocycles. The Kier molecular flexibility index (Phi) is 3.70. The van der Waals surface area contributed by atoms with Crippen molar-refractivity contribution in [3.63, 3.8) is 0 Å². The molecule has 0 atom stereocenters. The van der Waals surface area contributed by atoms with E-state index in [4.69, 9.17) is 5.73 Å². The van der Waals surface area contributed by atoms with Crippen LogP contribution in [0, 0.1) is 25.5 Å².